The monoisotopic (exact) mass is 302 g/mol. The van der Waals surface area contributed by atoms with Gasteiger partial charge >= 0.3 is 0 Å². The van der Waals surface area contributed by atoms with E-state index in [-0.39, 0.29) is 17.7 Å². The van der Waals surface area contributed by atoms with E-state index < -0.39 is 0 Å². The molecule has 0 bridgehead atoms. The van der Waals surface area contributed by atoms with E-state index in [0.717, 1.165) is 11.3 Å². The van der Waals surface area contributed by atoms with Gasteiger partial charge in [-0.25, -0.2) is 0 Å². The van der Waals surface area contributed by atoms with Crippen molar-refractivity contribution in [3.63, 3.8) is 0 Å². The summed E-state index contributed by atoms with van der Waals surface area (Å²) >= 11 is 5.85. The Morgan fingerprint density at radius 1 is 1.33 bits per heavy atom. The molecule has 1 heterocycles. The Kier molecular flexibility index (Phi) is 4.79. The van der Waals surface area contributed by atoms with Crippen molar-refractivity contribution in [3.8, 4) is 6.07 Å². The largest absolute Gasteiger partial charge is 0.380 e. The second kappa shape index (κ2) is 6.57. The molecule has 1 aromatic heterocycles. The van der Waals surface area contributed by atoms with Crippen molar-refractivity contribution in [3.05, 3.63) is 68.1 Å². The van der Waals surface area contributed by atoms with E-state index in [1.165, 1.54) is 7.11 Å². The zero-order valence-electron chi connectivity index (χ0n) is 11.9. The van der Waals surface area contributed by atoms with Crippen LogP contribution in [0.4, 0.5) is 0 Å². The number of nitriles is 1. The molecule has 0 aliphatic carbocycles. The minimum atomic E-state index is -0.292. The van der Waals surface area contributed by atoms with E-state index in [4.69, 9.17) is 16.3 Å². The number of ether oxygens (including phenoxy) is 1. The highest BCUT2D eigenvalue weighted by Gasteiger charge is 2.12. The quantitative estimate of drug-likeness (QED) is 0.872. The SMILES string of the molecule is COCc1cc(C)n(Cc2ccc(Cl)cc2)c(=O)c1C#N. The van der Waals surface area contributed by atoms with Gasteiger partial charge in [0.2, 0.25) is 0 Å². The molecular weight excluding hydrogens is 288 g/mol. The van der Waals surface area contributed by atoms with Gasteiger partial charge in [0.1, 0.15) is 11.6 Å². The molecular formula is C16H15ClN2O2. The van der Waals surface area contributed by atoms with Gasteiger partial charge in [-0.2, -0.15) is 5.26 Å². The first-order valence-corrected chi connectivity index (χ1v) is 6.81. The topological polar surface area (TPSA) is 55.0 Å². The van der Waals surface area contributed by atoms with Crippen molar-refractivity contribution >= 4 is 11.6 Å². The lowest BCUT2D eigenvalue weighted by Gasteiger charge is -2.13. The first-order valence-electron chi connectivity index (χ1n) is 6.43. The summed E-state index contributed by atoms with van der Waals surface area (Å²) in [5.74, 6) is 0. The highest BCUT2D eigenvalue weighted by atomic mass is 35.5. The van der Waals surface area contributed by atoms with Crippen LogP contribution in [0, 0.1) is 18.3 Å². The van der Waals surface area contributed by atoms with Crippen LogP contribution in [0.3, 0.4) is 0 Å². The zero-order chi connectivity index (χ0) is 15.4. The van der Waals surface area contributed by atoms with Gasteiger partial charge in [0.05, 0.1) is 13.2 Å². The van der Waals surface area contributed by atoms with Crippen LogP contribution in [0.25, 0.3) is 0 Å². The van der Waals surface area contributed by atoms with Gasteiger partial charge in [-0.1, -0.05) is 23.7 Å². The van der Waals surface area contributed by atoms with Crippen LogP contribution in [0.5, 0.6) is 0 Å². The second-order valence-electron chi connectivity index (χ2n) is 4.75. The highest BCUT2D eigenvalue weighted by molar-refractivity contribution is 6.30. The molecule has 0 fully saturated rings. The Balaban J connectivity index is 2.47. The van der Waals surface area contributed by atoms with Gasteiger partial charge in [-0.05, 0) is 30.7 Å². The molecule has 21 heavy (non-hydrogen) atoms. The molecule has 0 atom stereocenters. The average Bonchev–Trinajstić information content (AvgIpc) is 2.46. The van der Waals surface area contributed by atoms with Crippen LogP contribution in [0.15, 0.2) is 35.1 Å². The van der Waals surface area contributed by atoms with Gasteiger partial charge in [0.15, 0.2) is 0 Å². The molecule has 0 spiro atoms. The summed E-state index contributed by atoms with van der Waals surface area (Å²) in [4.78, 5) is 12.4. The van der Waals surface area contributed by atoms with Crippen molar-refractivity contribution in [2.75, 3.05) is 7.11 Å². The molecule has 0 aliphatic rings. The maximum absolute atomic E-state index is 12.4. The number of benzene rings is 1. The molecule has 0 saturated carbocycles. The lowest BCUT2D eigenvalue weighted by Crippen LogP contribution is -2.27. The minimum Gasteiger partial charge on any atom is -0.380 e. The van der Waals surface area contributed by atoms with Gasteiger partial charge in [-0.15, -0.1) is 0 Å². The van der Waals surface area contributed by atoms with Crippen molar-refractivity contribution in [1.82, 2.24) is 4.57 Å². The molecule has 4 nitrogen and oxygen atoms in total. The summed E-state index contributed by atoms with van der Waals surface area (Å²) in [5, 5.41) is 9.86. The normalized spacial score (nSPS) is 10.4. The van der Waals surface area contributed by atoms with Crippen molar-refractivity contribution in [1.29, 1.82) is 5.26 Å². The summed E-state index contributed by atoms with van der Waals surface area (Å²) in [6.45, 7) is 2.50. The fourth-order valence-corrected chi connectivity index (χ4v) is 2.32. The minimum absolute atomic E-state index is 0.136. The molecule has 0 N–H and O–H groups in total. The number of nitrogens with zero attached hydrogens (tertiary/aromatic N) is 2. The van der Waals surface area contributed by atoms with Crippen LogP contribution in [0.1, 0.15) is 22.4 Å². The summed E-state index contributed by atoms with van der Waals surface area (Å²) in [6.07, 6.45) is 0. The van der Waals surface area contributed by atoms with E-state index in [1.54, 1.807) is 16.7 Å². The molecule has 5 heteroatoms. The summed E-state index contributed by atoms with van der Waals surface area (Å²) in [6, 6.07) is 11.1. The van der Waals surface area contributed by atoms with Crippen LogP contribution < -0.4 is 5.56 Å². The van der Waals surface area contributed by atoms with Crippen LogP contribution in [0.2, 0.25) is 5.02 Å². The van der Waals surface area contributed by atoms with Crippen molar-refractivity contribution in [2.24, 2.45) is 0 Å². The predicted octanol–water partition coefficient (Wildman–Crippen LogP) is 2.88. The number of hydrogen-bond donors (Lipinski definition) is 0. The molecule has 2 rings (SSSR count). The Morgan fingerprint density at radius 3 is 2.57 bits per heavy atom. The van der Waals surface area contributed by atoms with E-state index in [1.807, 2.05) is 31.2 Å². The standard InChI is InChI=1S/C16H15ClN2O2/c1-11-7-13(10-21-2)15(8-18)16(20)19(11)9-12-3-5-14(17)6-4-12/h3-7H,9-10H2,1-2H3. The summed E-state index contributed by atoms with van der Waals surface area (Å²) in [5.41, 5.74) is 2.21. The molecule has 1 aromatic carbocycles. The third kappa shape index (κ3) is 3.33. The highest BCUT2D eigenvalue weighted by Crippen LogP contribution is 2.13. The number of hydrogen-bond acceptors (Lipinski definition) is 3. The third-order valence-corrected chi connectivity index (χ3v) is 3.51. The third-order valence-electron chi connectivity index (χ3n) is 3.25. The molecule has 0 saturated heterocycles. The smallest absolute Gasteiger partial charge is 0.269 e. The summed E-state index contributed by atoms with van der Waals surface area (Å²) < 4.78 is 6.62. The molecule has 0 radical (unpaired) electrons. The number of aryl methyl sites for hydroxylation is 1. The van der Waals surface area contributed by atoms with Crippen LogP contribution in [-0.4, -0.2) is 11.7 Å². The van der Waals surface area contributed by atoms with Gasteiger partial charge < -0.3 is 9.30 Å². The second-order valence-corrected chi connectivity index (χ2v) is 5.18. The maximum atomic E-state index is 12.4. The van der Waals surface area contributed by atoms with Crippen molar-refractivity contribution in [2.45, 2.75) is 20.1 Å². The van der Waals surface area contributed by atoms with E-state index in [2.05, 4.69) is 0 Å². The van der Waals surface area contributed by atoms with Crippen LogP contribution in [-0.2, 0) is 17.9 Å². The predicted molar refractivity (Wildman–Crippen MR) is 81.4 cm³/mol. The molecule has 0 amide bonds. The first-order chi connectivity index (χ1) is 10.1. The molecule has 108 valence electrons. The number of pyridine rings is 1. The fraction of sp³-hybridized carbons (Fsp3) is 0.250. The Hall–Kier alpha value is -2.09. The Bertz CT molecular complexity index is 743. The number of halogens is 1. The van der Waals surface area contributed by atoms with E-state index in [9.17, 15) is 10.1 Å². The number of aromatic nitrogens is 1. The zero-order valence-corrected chi connectivity index (χ0v) is 12.6. The number of methoxy groups -OCH3 is 1. The summed E-state index contributed by atoms with van der Waals surface area (Å²) in [7, 11) is 1.54. The number of rotatable bonds is 4. The first kappa shape index (κ1) is 15.3. The van der Waals surface area contributed by atoms with Gasteiger partial charge in [-0.3, -0.25) is 4.79 Å². The van der Waals surface area contributed by atoms with Gasteiger partial charge in [0, 0.05) is 23.4 Å². The maximum Gasteiger partial charge on any atom is 0.269 e. The van der Waals surface area contributed by atoms with Gasteiger partial charge in [0.25, 0.3) is 5.56 Å². The van der Waals surface area contributed by atoms with E-state index in [0.29, 0.717) is 17.1 Å². The molecule has 0 unspecified atom stereocenters. The average molecular weight is 303 g/mol. The van der Waals surface area contributed by atoms with E-state index >= 15 is 0 Å². The lowest BCUT2D eigenvalue weighted by atomic mass is 10.1. The Labute approximate surface area is 128 Å². The van der Waals surface area contributed by atoms with Crippen molar-refractivity contribution < 1.29 is 4.74 Å². The van der Waals surface area contributed by atoms with Crippen LogP contribution >= 0.6 is 11.6 Å². The fourth-order valence-electron chi connectivity index (χ4n) is 2.19. The lowest BCUT2D eigenvalue weighted by molar-refractivity contribution is 0.184. The Morgan fingerprint density at radius 2 is 2.00 bits per heavy atom. The molecule has 2 aromatic rings. The molecule has 0 aliphatic heterocycles.